The van der Waals surface area contributed by atoms with E-state index in [1.807, 2.05) is 0 Å². The molecule has 0 saturated heterocycles. The average molecular weight is 392 g/mol. The van der Waals surface area contributed by atoms with E-state index in [-0.39, 0.29) is 5.75 Å². The van der Waals surface area contributed by atoms with Crippen molar-refractivity contribution in [2.75, 3.05) is 5.32 Å². The second kappa shape index (κ2) is 17.3. The van der Waals surface area contributed by atoms with Gasteiger partial charge in [-0.25, -0.2) is 0 Å². The Morgan fingerprint density at radius 2 is 1.34 bits per heavy atom. The molecule has 0 bridgehead atoms. The molecule has 0 unspecified atom stereocenters. The van der Waals surface area contributed by atoms with Gasteiger partial charge >= 0.3 is 5.91 Å². The zero-order valence-corrected chi connectivity index (χ0v) is 17.7. The van der Waals surface area contributed by atoms with E-state index in [0.717, 1.165) is 12.8 Å². The third kappa shape index (κ3) is 14.8. The van der Waals surface area contributed by atoms with Gasteiger partial charge in [0.05, 0.1) is 0 Å². The Hall–Kier alpha value is -2.83. The summed E-state index contributed by atoms with van der Waals surface area (Å²) < 4.78 is 0. The van der Waals surface area contributed by atoms with Gasteiger partial charge in [0.25, 0.3) is 0 Å². The molecule has 2 N–H and O–H groups in total. The van der Waals surface area contributed by atoms with Crippen LogP contribution in [0.1, 0.15) is 84.0 Å². The third-order valence-corrected chi connectivity index (χ3v) is 4.48. The van der Waals surface area contributed by atoms with Crippen LogP contribution < -0.4 is 5.32 Å². The van der Waals surface area contributed by atoms with Crippen molar-refractivity contribution in [2.45, 2.75) is 84.0 Å². The minimum atomic E-state index is -0.445. The van der Waals surface area contributed by atoms with E-state index in [0.29, 0.717) is 5.69 Å². The first-order chi connectivity index (χ1) is 14.2. The van der Waals surface area contributed by atoms with Gasteiger partial charge in [0.2, 0.25) is 0 Å². The molecule has 0 fully saturated rings. The van der Waals surface area contributed by atoms with Gasteiger partial charge in [0.15, 0.2) is 0 Å². The highest BCUT2D eigenvalue weighted by Crippen LogP contribution is 2.13. The van der Waals surface area contributed by atoms with Crippen LogP contribution in [-0.4, -0.2) is 11.0 Å². The average Bonchev–Trinajstić information content (AvgIpc) is 2.72. The highest BCUT2D eigenvalue weighted by molar-refractivity contribution is 6.04. The number of carbonyl (C=O) groups is 1. The number of aromatic hydroxyl groups is 1. The molecule has 0 heterocycles. The second-order valence-corrected chi connectivity index (χ2v) is 7.09. The first-order valence-corrected chi connectivity index (χ1v) is 10.8. The highest BCUT2D eigenvalue weighted by Gasteiger charge is 1.97. The van der Waals surface area contributed by atoms with Gasteiger partial charge in [-0.05, 0) is 54.4 Å². The van der Waals surface area contributed by atoms with Gasteiger partial charge in [0, 0.05) is 18.0 Å². The lowest BCUT2D eigenvalue weighted by Gasteiger charge is -2.01. The smallest absolute Gasteiger partial charge is 0.301 e. The van der Waals surface area contributed by atoms with Gasteiger partial charge in [0.1, 0.15) is 5.75 Å². The summed E-state index contributed by atoms with van der Waals surface area (Å²) in [6.45, 7) is 2.26. The zero-order chi connectivity index (χ0) is 21.0. The Morgan fingerprint density at radius 3 is 1.97 bits per heavy atom. The summed E-state index contributed by atoms with van der Waals surface area (Å²) in [6, 6.07) is 6.18. The van der Waals surface area contributed by atoms with Crippen molar-refractivity contribution in [3.05, 3.63) is 24.3 Å². The minimum absolute atomic E-state index is 0.145. The fourth-order valence-corrected chi connectivity index (χ4v) is 2.84. The fourth-order valence-electron chi connectivity index (χ4n) is 2.84. The van der Waals surface area contributed by atoms with E-state index in [9.17, 15) is 9.90 Å². The summed E-state index contributed by atoms with van der Waals surface area (Å²) in [6.07, 6.45) is 15.5. The van der Waals surface area contributed by atoms with E-state index in [1.54, 1.807) is 12.1 Å². The third-order valence-electron chi connectivity index (χ3n) is 4.48. The Kier molecular flexibility index (Phi) is 14.4. The molecule has 1 aromatic carbocycles. The SMILES string of the molecule is CCCCCCCCCCCCCC#CC#CC#CC(=O)Nc1ccc(O)cc1. The first-order valence-electron chi connectivity index (χ1n) is 10.8. The van der Waals surface area contributed by atoms with Crippen LogP contribution in [0.2, 0.25) is 0 Å². The monoisotopic (exact) mass is 391 g/mol. The normalized spacial score (nSPS) is 9.28. The summed E-state index contributed by atoms with van der Waals surface area (Å²) in [5, 5.41) is 11.8. The molecule has 1 amide bonds. The predicted octanol–water partition coefficient (Wildman–Crippen LogP) is 6.04. The lowest BCUT2D eigenvalue weighted by Crippen LogP contribution is -2.07. The maximum Gasteiger partial charge on any atom is 0.301 e. The number of anilines is 1. The van der Waals surface area contributed by atoms with Crippen molar-refractivity contribution in [1.29, 1.82) is 0 Å². The van der Waals surface area contributed by atoms with Crippen LogP contribution >= 0.6 is 0 Å². The first kappa shape index (κ1) is 24.2. The largest absolute Gasteiger partial charge is 0.508 e. The molecule has 1 rings (SSSR count). The molecule has 0 aliphatic rings. The van der Waals surface area contributed by atoms with Crippen molar-refractivity contribution >= 4 is 11.6 Å². The summed E-state index contributed by atoms with van der Waals surface area (Å²) in [5.74, 6) is 15.6. The molecule has 0 aliphatic heterocycles. The lowest BCUT2D eigenvalue weighted by molar-refractivity contribution is -0.111. The Bertz CT molecular complexity index is 761. The number of phenols is 1. The Labute approximate surface area is 176 Å². The molecule has 0 atom stereocenters. The molecular formula is C26H33NO2. The molecule has 0 aromatic heterocycles. The number of benzene rings is 1. The Morgan fingerprint density at radius 1 is 0.793 bits per heavy atom. The molecule has 0 saturated carbocycles. The number of hydrogen-bond acceptors (Lipinski definition) is 2. The fraction of sp³-hybridized carbons (Fsp3) is 0.500. The van der Waals surface area contributed by atoms with E-state index in [2.05, 4.69) is 47.8 Å². The molecule has 154 valence electrons. The van der Waals surface area contributed by atoms with Crippen molar-refractivity contribution < 1.29 is 9.90 Å². The standard InChI is InChI=1S/C26H33NO2/c1-2-3-4-5-6-7-8-9-10-11-12-13-14-15-16-17-18-19-26(29)27-24-20-22-25(28)23-21-24/h20-23,28H,2-13H2,1H3,(H,27,29). The van der Waals surface area contributed by atoms with Crippen molar-refractivity contribution in [3.63, 3.8) is 0 Å². The van der Waals surface area contributed by atoms with Gasteiger partial charge in [-0.3, -0.25) is 4.79 Å². The highest BCUT2D eigenvalue weighted by atomic mass is 16.3. The van der Waals surface area contributed by atoms with Gasteiger partial charge < -0.3 is 10.4 Å². The topological polar surface area (TPSA) is 49.3 Å². The quantitative estimate of drug-likeness (QED) is 0.259. The van der Waals surface area contributed by atoms with Gasteiger partial charge in [-0.1, -0.05) is 77.1 Å². The van der Waals surface area contributed by atoms with E-state index >= 15 is 0 Å². The molecule has 29 heavy (non-hydrogen) atoms. The summed E-state index contributed by atoms with van der Waals surface area (Å²) in [5.41, 5.74) is 0.571. The molecule has 3 nitrogen and oxygen atoms in total. The maximum absolute atomic E-state index is 11.6. The van der Waals surface area contributed by atoms with Crippen LogP contribution in [0.3, 0.4) is 0 Å². The Balaban J connectivity index is 2.02. The molecular weight excluding hydrogens is 358 g/mol. The van der Waals surface area contributed by atoms with Crippen molar-refractivity contribution in [1.82, 2.24) is 0 Å². The van der Waals surface area contributed by atoms with E-state index < -0.39 is 5.91 Å². The van der Waals surface area contributed by atoms with Crippen LogP contribution in [0, 0.1) is 35.5 Å². The molecule has 0 spiro atoms. The molecule has 1 aromatic rings. The van der Waals surface area contributed by atoms with Crippen LogP contribution in [0.25, 0.3) is 0 Å². The lowest BCUT2D eigenvalue weighted by atomic mass is 10.1. The number of amides is 1. The number of phenolic OH excluding ortho intramolecular Hbond substituents is 1. The summed E-state index contributed by atoms with van der Waals surface area (Å²) in [7, 11) is 0. The van der Waals surface area contributed by atoms with Crippen LogP contribution in [-0.2, 0) is 4.79 Å². The van der Waals surface area contributed by atoms with Crippen molar-refractivity contribution in [3.8, 4) is 41.3 Å². The maximum atomic E-state index is 11.6. The van der Waals surface area contributed by atoms with Gasteiger partial charge in [-0.2, -0.15) is 0 Å². The number of hydrogen-bond donors (Lipinski definition) is 2. The van der Waals surface area contributed by atoms with Crippen molar-refractivity contribution in [2.24, 2.45) is 0 Å². The second-order valence-electron chi connectivity index (χ2n) is 7.09. The van der Waals surface area contributed by atoms with E-state index in [1.165, 1.54) is 76.3 Å². The van der Waals surface area contributed by atoms with E-state index in [4.69, 9.17) is 0 Å². The number of rotatable bonds is 12. The summed E-state index contributed by atoms with van der Waals surface area (Å²) >= 11 is 0. The van der Waals surface area contributed by atoms with Crippen LogP contribution in [0.5, 0.6) is 5.75 Å². The molecule has 0 radical (unpaired) electrons. The van der Waals surface area contributed by atoms with Crippen LogP contribution in [0.15, 0.2) is 24.3 Å². The summed E-state index contributed by atoms with van der Waals surface area (Å²) in [4.78, 5) is 11.6. The number of carbonyl (C=O) groups excluding carboxylic acids is 1. The minimum Gasteiger partial charge on any atom is -0.508 e. The molecule has 3 heteroatoms. The van der Waals surface area contributed by atoms with Crippen LogP contribution in [0.4, 0.5) is 5.69 Å². The zero-order valence-electron chi connectivity index (χ0n) is 17.7. The number of nitrogens with one attached hydrogen (secondary N) is 1. The van der Waals surface area contributed by atoms with Gasteiger partial charge in [-0.15, -0.1) is 0 Å². The number of unbranched alkanes of at least 4 members (excludes halogenated alkanes) is 11. The predicted molar refractivity (Wildman–Crippen MR) is 121 cm³/mol. The molecule has 0 aliphatic carbocycles.